The molecule has 1 fully saturated rings. The maximum absolute atomic E-state index is 13.6. The van der Waals surface area contributed by atoms with Gasteiger partial charge in [0.2, 0.25) is 11.8 Å². The summed E-state index contributed by atoms with van der Waals surface area (Å²) in [5, 5.41) is 2.69. The summed E-state index contributed by atoms with van der Waals surface area (Å²) in [6.45, 7) is 1.94. The zero-order chi connectivity index (χ0) is 21.4. The normalized spacial score (nSPS) is 15.6. The molecule has 1 aliphatic heterocycles. The number of benzene rings is 3. The van der Waals surface area contributed by atoms with E-state index in [0.29, 0.717) is 0 Å². The molecule has 1 atom stereocenters. The van der Waals surface area contributed by atoms with Crippen LogP contribution in [-0.4, -0.2) is 17.1 Å². The number of para-hydroxylation sites is 2. The fourth-order valence-corrected chi connectivity index (χ4v) is 5.64. The van der Waals surface area contributed by atoms with Crippen LogP contribution in [0.5, 0.6) is 0 Å². The zero-order valence-corrected chi connectivity index (χ0v) is 18.7. The Morgan fingerprint density at radius 1 is 0.968 bits per heavy atom. The van der Waals surface area contributed by atoms with E-state index in [1.165, 1.54) is 11.8 Å². The van der Waals surface area contributed by atoms with Crippen LogP contribution in [0.15, 0.2) is 87.5 Å². The number of anilines is 3. The number of amides is 2. The molecule has 0 spiro atoms. The Balaban J connectivity index is 1.38. The largest absolute Gasteiger partial charge is 0.326 e. The molecule has 0 aromatic heterocycles. The predicted molar refractivity (Wildman–Crippen MR) is 127 cm³/mol. The van der Waals surface area contributed by atoms with E-state index >= 15 is 0 Å². The van der Waals surface area contributed by atoms with Crippen molar-refractivity contribution in [1.82, 2.24) is 0 Å². The molecule has 2 amide bonds. The smallest absolute Gasteiger partial charge is 0.244 e. The van der Waals surface area contributed by atoms with Crippen LogP contribution in [0.1, 0.15) is 19.8 Å². The van der Waals surface area contributed by atoms with Crippen LogP contribution in [-0.2, 0) is 9.59 Å². The van der Waals surface area contributed by atoms with Gasteiger partial charge in [-0.15, -0.1) is 11.8 Å². The van der Waals surface area contributed by atoms with E-state index in [-0.39, 0.29) is 23.0 Å². The summed E-state index contributed by atoms with van der Waals surface area (Å²) in [6.07, 6.45) is 1.95. The van der Waals surface area contributed by atoms with Crippen molar-refractivity contribution in [3.8, 4) is 0 Å². The van der Waals surface area contributed by atoms with Crippen molar-refractivity contribution in [1.29, 1.82) is 0 Å². The number of carbonyl (C=O) groups excluding carboxylic acids is 2. The summed E-state index contributed by atoms with van der Waals surface area (Å²) in [7, 11) is 0. The molecule has 0 saturated heterocycles. The highest BCUT2D eigenvalue weighted by Gasteiger charge is 2.31. The van der Waals surface area contributed by atoms with E-state index in [1.807, 2.05) is 72.5 Å². The molecule has 6 heteroatoms. The first-order chi connectivity index (χ1) is 15.1. The molecule has 1 N–H and O–H groups in total. The molecular formula is C25H22N2O2S2. The average molecular weight is 447 g/mol. The van der Waals surface area contributed by atoms with E-state index in [0.717, 1.165) is 44.6 Å². The zero-order valence-electron chi connectivity index (χ0n) is 17.1. The first kappa shape index (κ1) is 20.2. The Labute approximate surface area is 190 Å². The summed E-state index contributed by atoms with van der Waals surface area (Å²) >= 11 is 3.20. The summed E-state index contributed by atoms with van der Waals surface area (Å²) in [4.78, 5) is 30.7. The van der Waals surface area contributed by atoms with Crippen LogP contribution in [0, 0.1) is 5.92 Å². The molecule has 0 bridgehead atoms. The molecular weight excluding hydrogens is 424 g/mol. The van der Waals surface area contributed by atoms with E-state index in [1.54, 1.807) is 11.8 Å². The van der Waals surface area contributed by atoms with Crippen molar-refractivity contribution in [2.75, 3.05) is 10.2 Å². The lowest BCUT2D eigenvalue weighted by Gasteiger charge is -2.32. The quantitative estimate of drug-likeness (QED) is 0.464. The maximum atomic E-state index is 13.6. The maximum Gasteiger partial charge on any atom is 0.244 e. The van der Waals surface area contributed by atoms with Crippen LogP contribution in [0.25, 0.3) is 0 Å². The number of nitrogens with one attached hydrogen (secondary N) is 1. The monoisotopic (exact) mass is 446 g/mol. The van der Waals surface area contributed by atoms with Gasteiger partial charge in [0.05, 0.1) is 16.6 Å². The van der Waals surface area contributed by atoms with Gasteiger partial charge in [0.15, 0.2) is 0 Å². The third-order valence-corrected chi connectivity index (χ3v) is 7.57. The van der Waals surface area contributed by atoms with Crippen molar-refractivity contribution in [2.24, 2.45) is 5.92 Å². The number of rotatable bonds is 5. The number of hydrogen-bond acceptors (Lipinski definition) is 4. The standard InChI is InChI=1S/C25H22N2O2S2/c1-16(30-19-8-6-7-18(15-19)26-24(28)17-13-14-17)25(29)27-20-9-2-4-11-22(20)31-23-12-5-3-10-21(23)27/h2-12,15-17H,13-14H2,1H3,(H,26,28). The van der Waals surface area contributed by atoms with Crippen molar-refractivity contribution in [2.45, 2.75) is 39.7 Å². The second-order valence-corrected chi connectivity index (χ2v) is 10.3. The minimum Gasteiger partial charge on any atom is -0.326 e. The second-order valence-electron chi connectivity index (χ2n) is 7.76. The Kier molecular flexibility index (Phi) is 5.50. The fourth-order valence-electron chi connectivity index (χ4n) is 3.62. The molecule has 156 valence electrons. The highest BCUT2D eigenvalue weighted by Crippen LogP contribution is 2.48. The highest BCUT2D eigenvalue weighted by molar-refractivity contribution is 8.00. The SMILES string of the molecule is CC(Sc1cccc(NC(=O)C2CC2)c1)C(=O)N1c2ccccc2Sc2ccccc21. The van der Waals surface area contributed by atoms with Gasteiger partial charge in [0.1, 0.15) is 0 Å². The van der Waals surface area contributed by atoms with Crippen molar-refractivity contribution in [3.05, 3.63) is 72.8 Å². The van der Waals surface area contributed by atoms with E-state index < -0.39 is 0 Å². The van der Waals surface area contributed by atoms with Gasteiger partial charge in [0, 0.05) is 26.3 Å². The fraction of sp³-hybridized carbons (Fsp3) is 0.200. The molecule has 1 heterocycles. The molecule has 4 nitrogen and oxygen atoms in total. The average Bonchev–Trinajstić information content (AvgIpc) is 3.63. The molecule has 1 saturated carbocycles. The number of nitrogens with zero attached hydrogens (tertiary/aromatic N) is 1. The molecule has 1 unspecified atom stereocenters. The molecule has 3 aromatic carbocycles. The first-order valence-electron chi connectivity index (χ1n) is 10.4. The van der Waals surface area contributed by atoms with Gasteiger partial charge in [-0.2, -0.15) is 0 Å². The summed E-state index contributed by atoms with van der Waals surface area (Å²) in [5.74, 6) is 0.289. The summed E-state index contributed by atoms with van der Waals surface area (Å²) in [6, 6.07) is 23.8. The van der Waals surface area contributed by atoms with Crippen molar-refractivity contribution < 1.29 is 9.59 Å². The van der Waals surface area contributed by atoms with Crippen LogP contribution < -0.4 is 10.2 Å². The third kappa shape index (κ3) is 4.23. The second kappa shape index (κ2) is 8.44. The van der Waals surface area contributed by atoms with Crippen LogP contribution >= 0.6 is 23.5 Å². The summed E-state index contributed by atoms with van der Waals surface area (Å²) in [5.41, 5.74) is 2.63. The number of thioether (sulfide) groups is 1. The Morgan fingerprint density at radius 3 is 2.26 bits per heavy atom. The topological polar surface area (TPSA) is 49.4 Å². The van der Waals surface area contributed by atoms with Crippen molar-refractivity contribution in [3.63, 3.8) is 0 Å². The lowest BCUT2D eigenvalue weighted by molar-refractivity contribution is -0.118. The van der Waals surface area contributed by atoms with Crippen LogP contribution in [0.3, 0.4) is 0 Å². The summed E-state index contributed by atoms with van der Waals surface area (Å²) < 4.78 is 0. The van der Waals surface area contributed by atoms with Gasteiger partial charge in [-0.25, -0.2) is 0 Å². The Hall–Kier alpha value is -2.70. The minimum absolute atomic E-state index is 0.0395. The Bertz CT molecular complexity index is 1110. The number of fused-ring (bicyclic) bond motifs is 2. The molecule has 5 rings (SSSR count). The van der Waals surface area contributed by atoms with Gasteiger partial charge in [-0.3, -0.25) is 14.5 Å². The number of hydrogen-bond donors (Lipinski definition) is 1. The molecule has 3 aromatic rings. The number of carbonyl (C=O) groups is 2. The highest BCUT2D eigenvalue weighted by atomic mass is 32.2. The first-order valence-corrected chi connectivity index (χ1v) is 12.1. The molecule has 2 aliphatic rings. The molecule has 0 radical (unpaired) electrons. The van der Waals surface area contributed by atoms with Crippen LogP contribution in [0.2, 0.25) is 0 Å². The van der Waals surface area contributed by atoms with Gasteiger partial charge in [0.25, 0.3) is 0 Å². The van der Waals surface area contributed by atoms with Gasteiger partial charge in [-0.1, -0.05) is 42.1 Å². The van der Waals surface area contributed by atoms with Gasteiger partial charge < -0.3 is 5.32 Å². The van der Waals surface area contributed by atoms with Gasteiger partial charge in [-0.05, 0) is 62.2 Å². The lowest BCUT2D eigenvalue weighted by atomic mass is 10.2. The molecule has 31 heavy (non-hydrogen) atoms. The predicted octanol–water partition coefficient (Wildman–Crippen LogP) is 6.35. The Morgan fingerprint density at radius 2 is 1.61 bits per heavy atom. The third-order valence-electron chi connectivity index (χ3n) is 5.36. The lowest BCUT2D eigenvalue weighted by Crippen LogP contribution is -2.34. The van der Waals surface area contributed by atoms with Gasteiger partial charge >= 0.3 is 0 Å². The van der Waals surface area contributed by atoms with Crippen molar-refractivity contribution >= 4 is 52.4 Å². The molecule has 1 aliphatic carbocycles. The van der Waals surface area contributed by atoms with E-state index in [4.69, 9.17) is 0 Å². The van der Waals surface area contributed by atoms with E-state index in [2.05, 4.69) is 17.4 Å². The minimum atomic E-state index is -0.293. The van der Waals surface area contributed by atoms with E-state index in [9.17, 15) is 9.59 Å². The van der Waals surface area contributed by atoms with Crippen LogP contribution in [0.4, 0.5) is 17.1 Å².